The Kier molecular flexibility index (Phi) is 41.0. The number of likely N-dealkylation sites (N-methyl/N-ethyl adjacent to an activating group) is 1. The van der Waals surface area contributed by atoms with Crippen LogP contribution in [0.2, 0.25) is 0 Å². The van der Waals surface area contributed by atoms with E-state index in [4.69, 9.17) is 18.5 Å². The fourth-order valence-electron chi connectivity index (χ4n) is 6.76. The first kappa shape index (κ1) is 56.0. The maximum Gasteiger partial charge on any atom is 0.472 e. The highest BCUT2D eigenvalue weighted by molar-refractivity contribution is 7.47. The second kappa shape index (κ2) is 41.7. The SMILES string of the molecule is CCCCC/C=C\C/C=C\CCCCCCCC(=O)OC(COCCCCCCCCCCCCCCCCCCCCCC)COP(=O)(O)OCC[N+](C)(C)C. The van der Waals surface area contributed by atoms with Crippen molar-refractivity contribution in [1.29, 1.82) is 0 Å². The average molecular weight is 829 g/mol. The maximum absolute atomic E-state index is 12.7. The number of hydrogen-bond acceptors (Lipinski definition) is 6. The zero-order valence-electron chi connectivity index (χ0n) is 38.3. The van der Waals surface area contributed by atoms with Gasteiger partial charge in [0.2, 0.25) is 0 Å². The summed E-state index contributed by atoms with van der Waals surface area (Å²) in [5.41, 5.74) is 0. The molecule has 0 aromatic carbocycles. The van der Waals surface area contributed by atoms with E-state index >= 15 is 0 Å². The van der Waals surface area contributed by atoms with Gasteiger partial charge in [0.05, 0.1) is 34.4 Å². The van der Waals surface area contributed by atoms with Gasteiger partial charge in [0.15, 0.2) is 0 Å². The standard InChI is InChI=1S/C48H94NO7P/c1-6-8-10-12-14-16-18-20-22-23-24-25-26-28-30-32-34-36-38-40-43-53-45-47(46-55-57(51,52)54-44-42-49(3,4)5)56-48(50)41-39-37-35-33-31-29-27-21-19-17-15-13-11-9-7-2/h15,17,21,27,47H,6-14,16,18-20,22-26,28-46H2,1-5H3/p+1/b17-15-,27-21-. The van der Waals surface area contributed by atoms with Crippen molar-refractivity contribution in [3.63, 3.8) is 0 Å². The van der Waals surface area contributed by atoms with Crippen LogP contribution >= 0.6 is 7.82 Å². The van der Waals surface area contributed by atoms with Gasteiger partial charge in [-0.3, -0.25) is 13.8 Å². The fourth-order valence-corrected chi connectivity index (χ4v) is 7.50. The minimum Gasteiger partial charge on any atom is -0.457 e. The molecule has 0 aliphatic heterocycles. The maximum atomic E-state index is 12.7. The predicted molar refractivity (Wildman–Crippen MR) is 243 cm³/mol. The third kappa shape index (κ3) is 45.9. The van der Waals surface area contributed by atoms with Crippen LogP contribution in [0.4, 0.5) is 0 Å². The minimum absolute atomic E-state index is 0.0878. The number of phosphoric ester groups is 1. The van der Waals surface area contributed by atoms with Crippen molar-refractivity contribution >= 4 is 13.8 Å². The number of ether oxygens (including phenoxy) is 2. The summed E-state index contributed by atoms with van der Waals surface area (Å²) in [6.07, 6.45) is 47.9. The molecule has 0 aromatic rings. The number of rotatable bonds is 45. The number of allylic oxidation sites excluding steroid dienone is 4. The fraction of sp³-hybridized carbons (Fsp3) is 0.896. The van der Waals surface area contributed by atoms with E-state index in [0.29, 0.717) is 24.1 Å². The van der Waals surface area contributed by atoms with Crippen LogP contribution in [0.25, 0.3) is 0 Å². The van der Waals surface area contributed by atoms with Crippen LogP contribution in [0.5, 0.6) is 0 Å². The van der Waals surface area contributed by atoms with E-state index in [1.54, 1.807) is 0 Å². The summed E-state index contributed by atoms with van der Waals surface area (Å²) in [4.78, 5) is 22.9. The molecule has 0 spiro atoms. The molecule has 338 valence electrons. The molecule has 0 bridgehead atoms. The lowest BCUT2D eigenvalue weighted by Gasteiger charge is -2.24. The van der Waals surface area contributed by atoms with Gasteiger partial charge in [0.25, 0.3) is 0 Å². The van der Waals surface area contributed by atoms with Gasteiger partial charge in [0.1, 0.15) is 19.3 Å². The third-order valence-corrected chi connectivity index (χ3v) is 11.5. The highest BCUT2D eigenvalue weighted by Crippen LogP contribution is 2.43. The molecule has 0 amide bonds. The summed E-state index contributed by atoms with van der Waals surface area (Å²) >= 11 is 0. The first-order valence-electron chi connectivity index (χ1n) is 24.1. The normalized spacial score (nSPS) is 13.9. The molecular weight excluding hydrogens is 734 g/mol. The number of carbonyl (C=O) groups excluding carboxylic acids is 1. The van der Waals surface area contributed by atoms with Gasteiger partial charge in [-0.05, 0) is 44.9 Å². The molecule has 8 nitrogen and oxygen atoms in total. The van der Waals surface area contributed by atoms with E-state index in [9.17, 15) is 14.3 Å². The van der Waals surface area contributed by atoms with E-state index in [0.717, 1.165) is 57.8 Å². The summed E-state index contributed by atoms with van der Waals surface area (Å²) in [5.74, 6) is -0.324. The van der Waals surface area contributed by atoms with Crippen molar-refractivity contribution in [1.82, 2.24) is 0 Å². The molecule has 1 N–H and O–H groups in total. The van der Waals surface area contributed by atoms with Crippen LogP contribution in [0.1, 0.15) is 219 Å². The zero-order valence-corrected chi connectivity index (χ0v) is 39.2. The topological polar surface area (TPSA) is 91.3 Å². The summed E-state index contributed by atoms with van der Waals surface area (Å²) in [6, 6.07) is 0. The second-order valence-electron chi connectivity index (χ2n) is 17.5. The van der Waals surface area contributed by atoms with Gasteiger partial charge in [-0.1, -0.05) is 192 Å². The van der Waals surface area contributed by atoms with Crippen molar-refractivity contribution in [2.24, 2.45) is 0 Å². The smallest absolute Gasteiger partial charge is 0.457 e. The first-order valence-corrected chi connectivity index (χ1v) is 25.6. The molecule has 57 heavy (non-hydrogen) atoms. The number of hydrogen-bond donors (Lipinski definition) is 1. The van der Waals surface area contributed by atoms with Crippen molar-refractivity contribution in [3.05, 3.63) is 24.3 Å². The van der Waals surface area contributed by atoms with E-state index in [1.807, 2.05) is 21.1 Å². The highest BCUT2D eigenvalue weighted by Gasteiger charge is 2.26. The summed E-state index contributed by atoms with van der Waals surface area (Å²) in [6.45, 7) is 5.62. The van der Waals surface area contributed by atoms with Crippen molar-refractivity contribution < 1.29 is 37.3 Å². The van der Waals surface area contributed by atoms with Gasteiger partial charge >= 0.3 is 13.8 Å². The number of carbonyl (C=O) groups is 1. The van der Waals surface area contributed by atoms with E-state index in [1.165, 1.54) is 141 Å². The van der Waals surface area contributed by atoms with Crippen LogP contribution in [-0.2, 0) is 27.9 Å². The molecule has 0 radical (unpaired) electrons. The van der Waals surface area contributed by atoms with Crippen LogP contribution in [0, 0.1) is 0 Å². The molecule has 2 unspecified atom stereocenters. The zero-order chi connectivity index (χ0) is 42.0. The Morgan fingerprint density at radius 3 is 1.46 bits per heavy atom. The molecule has 0 aliphatic carbocycles. The highest BCUT2D eigenvalue weighted by atomic mass is 31.2. The van der Waals surface area contributed by atoms with Gasteiger partial charge < -0.3 is 18.9 Å². The quantitative estimate of drug-likeness (QED) is 0.0215. The molecule has 2 atom stereocenters. The molecule has 0 saturated carbocycles. The van der Waals surface area contributed by atoms with Gasteiger partial charge in [-0.25, -0.2) is 4.57 Å². The molecule has 0 saturated heterocycles. The summed E-state index contributed by atoms with van der Waals surface area (Å²) in [7, 11) is 1.67. The van der Waals surface area contributed by atoms with Crippen molar-refractivity contribution in [2.45, 2.75) is 225 Å². The number of unbranched alkanes of at least 4 members (excludes halogenated alkanes) is 27. The van der Waals surface area contributed by atoms with Crippen molar-refractivity contribution in [3.8, 4) is 0 Å². The lowest BCUT2D eigenvalue weighted by molar-refractivity contribution is -0.870. The molecule has 0 rings (SSSR count). The number of quaternary nitrogens is 1. The Morgan fingerprint density at radius 1 is 0.544 bits per heavy atom. The van der Waals surface area contributed by atoms with Crippen LogP contribution in [-0.4, -0.2) is 75.6 Å². The average Bonchev–Trinajstić information content (AvgIpc) is 3.16. The lowest BCUT2D eigenvalue weighted by atomic mass is 10.0. The Morgan fingerprint density at radius 2 is 0.965 bits per heavy atom. The molecule has 0 aromatic heterocycles. The number of esters is 1. The molecular formula is C48H95NO7P+. The van der Waals surface area contributed by atoms with Crippen LogP contribution < -0.4 is 0 Å². The van der Waals surface area contributed by atoms with Gasteiger partial charge in [-0.2, -0.15) is 0 Å². The van der Waals surface area contributed by atoms with Crippen LogP contribution in [0.15, 0.2) is 24.3 Å². The third-order valence-electron chi connectivity index (χ3n) is 10.5. The largest absolute Gasteiger partial charge is 0.472 e. The number of phosphoric acid groups is 1. The van der Waals surface area contributed by atoms with Crippen LogP contribution in [0.3, 0.4) is 0 Å². The molecule has 0 fully saturated rings. The van der Waals surface area contributed by atoms with E-state index in [2.05, 4.69) is 38.2 Å². The minimum atomic E-state index is -4.28. The Balaban J connectivity index is 4.15. The molecule has 0 heterocycles. The predicted octanol–water partition coefficient (Wildman–Crippen LogP) is 14.4. The molecule has 9 heteroatoms. The first-order chi connectivity index (χ1) is 27.6. The van der Waals surface area contributed by atoms with E-state index < -0.39 is 13.9 Å². The Bertz CT molecular complexity index is 967. The second-order valence-corrected chi connectivity index (χ2v) is 19.0. The molecule has 0 aliphatic rings. The van der Waals surface area contributed by atoms with E-state index in [-0.39, 0.29) is 25.8 Å². The Hall–Kier alpha value is -1.02. The summed E-state index contributed by atoms with van der Waals surface area (Å²) in [5, 5.41) is 0. The monoisotopic (exact) mass is 829 g/mol. The van der Waals surface area contributed by atoms with Crippen molar-refractivity contribution in [2.75, 3.05) is 54.1 Å². The Labute approximate surface area is 353 Å². The number of nitrogens with zero attached hydrogens (tertiary/aromatic N) is 1. The summed E-state index contributed by atoms with van der Waals surface area (Å²) < 4.78 is 35.1. The lowest BCUT2D eigenvalue weighted by Crippen LogP contribution is -2.37. The van der Waals surface area contributed by atoms with Gasteiger partial charge in [0, 0.05) is 13.0 Å². The van der Waals surface area contributed by atoms with Gasteiger partial charge in [-0.15, -0.1) is 0 Å².